The molecule has 0 aromatic heterocycles. The van der Waals surface area contributed by atoms with Gasteiger partial charge in [-0.05, 0) is 19.4 Å². The van der Waals surface area contributed by atoms with Gasteiger partial charge < -0.3 is 13.3 Å². The van der Waals surface area contributed by atoms with E-state index >= 15 is 0 Å². The van der Waals surface area contributed by atoms with E-state index in [0.29, 0.717) is 19.8 Å². The molecule has 0 heterocycles. The molecule has 3 nitrogen and oxygen atoms in total. The molecule has 0 unspecified atom stereocenters. The quantitative estimate of drug-likeness (QED) is 0.513. The Morgan fingerprint density at radius 1 is 1.00 bits per heavy atom. The lowest BCUT2D eigenvalue weighted by molar-refractivity contribution is 0.0714. The largest absolute Gasteiger partial charge is 0.505 e. The number of alkyl halides is 1. The Balaban J connectivity index is 2.79. The van der Waals surface area contributed by atoms with Crippen molar-refractivity contribution in [2.45, 2.75) is 19.9 Å². The van der Waals surface area contributed by atoms with Crippen LogP contribution in [0.25, 0.3) is 0 Å². The molecule has 102 valence electrons. The van der Waals surface area contributed by atoms with Crippen LogP contribution in [-0.4, -0.2) is 34.0 Å². The van der Waals surface area contributed by atoms with E-state index in [-0.39, 0.29) is 0 Å². The van der Waals surface area contributed by atoms with Gasteiger partial charge in [0.05, 0.1) is 0 Å². The maximum absolute atomic E-state index is 5.91. The van der Waals surface area contributed by atoms with E-state index in [0.717, 1.165) is 11.4 Å². The van der Waals surface area contributed by atoms with Crippen LogP contribution in [0, 0.1) is 0 Å². The third-order valence-electron chi connectivity index (χ3n) is 2.39. The first-order chi connectivity index (χ1) is 8.76. The monoisotopic (exact) mass is 332 g/mol. The highest BCUT2D eigenvalue weighted by Gasteiger charge is 2.40. The highest BCUT2D eigenvalue weighted by molar-refractivity contribution is 9.09. The van der Waals surface area contributed by atoms with Gasteiger partial charge in [-0.2, -0.15) is 0 Å². The van der Waals surface area contributed by atoms with Crippen LogP contribution in [0.2, 0.25) is 0 Å². The van der Waals surface area contributed by atoms with E-state index in [9.17, 15) is 0 Å². The summed E-state index contributed by atoms with van der Waals surface area (Å²) in [6, 6.07) is 10.9. The molecule has 1 rings (SSSR count). The lowest BCUT2D eigenvalue weighted by Gasteiger charge is -2.28. The lowest BCUT2D eigenvalue weighted by atomic mass is 10.2. The second-order valence-corrected chi connectivity index (χ2v) is 7.13. The Morgan fingerprint density at radius 2 is 1.61 bits per heavy atom. The standard InChI is InChI=1S/C13H21BrO3Si/c1-3-15-18(16-4-2,17-11-10-14)12-13-8-6-5-7-9-13/h5-9H,3-4,10-12H2,1-2H3. The fourth-order valence-electron chi connectivity index (χ4n) is 1.76. The predicted molar refractivity (Wildman–Crippen MR) is 78.9 cm³/mol. The van der Waals surface area contributed by atoms with E-state index in [1.807, 2.05) is 32.0 Å². The molecule has 5 heteroatoms. The van der Waals surface area contributed by atoms with Gasteiger partial charge in [0, 0.05) is 31.2 Å². The van der Waals surface area contributed by atoms with Crippen LogP contribution in [0.15, 0.2) is 30.3 Å². The van der Waals surface area contributed by atoms with E-state index < -0.39 is 8.80 Å². The Labute approximate surface area is 119 Å². The first kappa shape index (κ1) is 15.9. The van der Waals surface area contributed by atoms with E-state index in [1.54, 1.807) is 0 Å². The van der Waals surface area contributed by atoms with Crippen LogP contribution in [0.1, 0.15) is 19.4 Å². The molecular weight excluding hydrogens is 312 g/mol. The highest BCUT2D eigenvalue weighted by Crippen LogP contribution is 2.17. The molecule has 0 radical (unpaired) electrons. The van der Waals surface area contributed by atoms with Crippen molar-refractivity contribution < 1.29 is 13.3 Å². The minimum absolute atomic E-state index is 0.610. The van der Waals surface area contributed by atoms with Crippen molar-refractivity contribution >= 4 is 24.7 Å². The molecule has 0 bridgehead atoms. The Kier molecular flexibility index (Phi) is 7.77. The number of hydrogen-bond acceptors (Lipinski definition) is 3. The van der Waals surface area contributed by atoms with Crippen molar-refractivity contribution in [2.75, 3.05) is 25.2 Å². The molecule has 0 atom stereocenters. The molecule has 0 aliphatic rings. The van der Waals surface area contributed by atoms with Crippen molar-refractivity contribution in [1.29, 1.82) is 0 Å². The summed E-state index contributed by atoms with van der Waals surface area (Å²) in [5.41, 5.74) is 1.20. The summed E-state index contributed by atoms with van der Waals surface area (Å²) in [5.74, 6) is 0. The fourth-order valence-corrected chi connectivity index (χ4v) is 4.80. The topological polar surface area (TPSA) is 27.7 Å². The van der Waals surface area contributed by atoms with Gasteiger partial charge in [-0.1, -0.05) is 46.3 Å². The molecule has 0 amide bonds. The van der Waals surface area contributed by atoms with Crippen LogP contribution in [0.4, 0.5) is 0 Å². The Bertz CT molecular complexity index is 315. The zero-order valence-corrected chi connectivity index (χ0v) is 13.6. The van der Waals surface area contributed by atoms with Crippen LogP contribution in [0.5, 0.6) is 0 Å². The summed E-state index contributed by atoms with van der Waals surface area (Å²) in [6.45, 7) is 5.79. The summed E-state index contributed by atoms with van der Waals surface area (Å²) < 4.78 is 17.6. The molecule has 0 aliphatic heterocycles. The van der Waals surface area contributed by atoms with Crippen LogP contribution in [-0.2, 0) is 19.3 Å². The average Bonchev–Trinajstić information content (AvgIpc) is 2.38. The Morgan fingerprint density at radius 3 is 2.11 bits per heavy atom. The van der Waals surface area contributed by atoms with Crippen LogP contribution < -0.4 is 0 Å². The van der Waals surface area contributed by atoms with E-state index in [2.05, 4.69) is 28.1 Å². The first-order valence-electron chi connectivity index (χ1n) is 6.28. The molecule has 0 saturated carbocycles. The predicted octanol–water partition coefficient (Wildman–Crippen LogP) is 3.19. The number of rotatable bonds is 9. The van der Waals surface area contributed by atoms with Crippen molar-refractivity contribution in [3.05, 3.63) is 35.9 Å². The van der Waals surface area contributed by atoms with Gasteiger partial charge >= 0.3 is 8.80 Å². The van der Waals surface area contributed by atoms with Crippen molar-refractivity contribution in [3.63, 3.8) is 0 Å². The normalized spacial score (nSPS) is 11.7. The molecule has 0 fully saturated rings. The molecule has 0 saturated heterocycles. The fraction of sp³-hybridized carbons (Fsp3) is 0.538. The summed E-state index contributed by atoms with van der Waals surface area (Å²) in [5, 5.41) is 0.788. The minimum Gasteiger partial charge on any atom is -0.374 e. The van der Waals surface area contributed by atoms with Gasteiger partial charge in [0.2, 0.25) is 0 Å². The van der Waals surface area contributed by atoms with Gasteiger partial charge in [0.1, 0.15) is 0 Å². The molecule has 0 N–H and O–H groups in total. The maximum Gasteiger partial charge on any atom is 0.505 e. The summed E-state index contributed by atoms with van der Waals surface area (Å²) in [6.07, 6.45) is 0. The molecular formula is C13H21BrO3Si. The van der Waals surface area contributed by atoms with Gasteiger partial charge in [0.25, 0.3) is 0 Å². The maximum atomic E-state index is 5.91. The number of benzene rings is 1. The summed E-state index contributed by atoms with van der Waals surface area (Å²) in [4.78, 5) is 0. The van der Waals surface area contributed by atoms with Crippen molar-refractivity contribution in [3.8, 4) is 0 Å². The van der Waals surface area contributed by atoms with Crippen molar-refractivity contribution in [2.24, 2.45) is 0 Å². The molecule has 0 aliphatic carbocycles. The zero-order chi connectivity index (χ0) is 13.3. The van der Waals surface area contributed by atoms with Crippen LogP contribution in [0.3, 0.4) is 0 Å². The van der Waals surface area contributed by atoms with E-state index in [1.165, 1.54) is 5.56 Å². The summed E-state index contributed by atoms with van der Waals surface area (Å²) in [7, 11) is -2.59. The molecule has 0 spiro atoms. The van der Waals surface area contributed by atoms with Crippen molar-refractivity contribution in [1.82, 2.24) is 0 Å². The third kappa shape index (κ3) is 5.20. The second-order valence-electron chi connectivity index (χ2n) is 3.75. The number of halogens is 1. The third-order valence-corrected chi connectivity index (χ3v) is 5.66. The molecule has 18 heavy (non-hydrogen) atoms. The molecule has 1 aromatic rings. The Hall–Kier alpha value is -0.203. The second kappa shape index (κ2) is 8.82. The van der Waals surface area contributed by atoms with Gasteiger partial charge in [-0.25, -0.2) is 0 Å². The van der Waals surface area contributed by atoms with E-state index in [4.69, 9.17) is 13.3 Å². The van der Waals surface area contributed by atoms with Gasteiger partial charge in [-0.15, -0.1) is 0 Å². The SMILES string of the molecule is CCO[Si](Cc1ccccc1)(OCC)OCCBr. The average molecular weight is 333 g/mol. The first-order valence-corrected chi connectivity index (χ1v) is 9.33. The van der Waals surface area contributed by atoms with Gasteiger partial charge in [0.15, 0.2) is 0 Å². The zero-order valence-electron chi connectivity index (χ0n) is 11.0. The molecule has 1 aromatic carbocycles. The number of hydrogen-bond donors (Lipinski definition) is 0. The highest BCUT2D eigenvalue weighted by atomic mass is 79.9. The smallest absolute Gasteiger partial charge is 0.374 e. The van der Waals surface area contributed by atoms with Crippen LogP contribution >= 0.6 is 15.9 Å². The van der Waals surface area contributed by atoms with Gasteiger partial charge in [-0.3, -0.25) is 0 Å². The lowest BCUT2D eigenvalue weighted by Crippen LogP contribution is -2.49. The minimum atomic E-state index is -2.59. The summed E-state index contributed by atoms with van der Waals surface area (Å²) >= 11 is 3.38.